The highest BCUT2D eigenvalue weighted by Crippen LogP contribution is 2.35. The van der Waals surface area contributed by atoms with Gasteiger partial charge in [-0.15, -0.1) is 0 Å². The Morgan fingerprint density at radius 2 is 1.43 bits per heavy atom. The summed E-state index contributed by atoms with van der Waals surface area (Å²) in [4.78, 5) is 9.69. The van der Waals surface area contributed by atoms with Crippen LogP contribution in [0.1, 0.15) is 51.7 Å². The Morgan fingerprint density at radius 1 is 0.810 bits per heavy atom. The van der Waals surface area contributed by atoms with Crippen LogP contribution in [0.15, 0.2) is 36.4 Å². The molecule has 0 fully saturated rings. The van der Waals surface area contributed by atoms with E-state index < -0.39 is 0 Å². The zero-order valence-electron chi connectivity index (χ0n) is 13.4. The first-order valence-corrected chi connectivity index (χ1v) is 7.58. The summed E-state index contributed by atoms with van der Waals surface area (Å²) in [5, 5.41) is 0. The van der Waals surface area contributed by atoms with Gasteiger partial charge >= 0.3 is 0 Å². The summed E-state index contributed by atoms with van der Waals surface area (Å²) in [5.41, 5.74) is 6.79. The lowest BCUT2D eigenvalue weighted by molar-refractivity contribution is 0.578. The maximum Gasteiger partial charge on any atom is 0.0932 e. The summed E-state index contributed by atoms with van der Waals surface area (Å²) in [7, 11) is 0. The Morgan fingerprint density at radius 3 is 2.00 bits per heavy atom. The van der Waals surface area contributed by atoms with Crippen molar-refractivity contribution >= 4 is 22.1 Å². The van der Waals surface area contributed by atoms with Crippen LogP contribution in [0.3, 0.4) is 0 Å². The molecule has 0 aliphatic rings. The maximum absolute atomic E-state index is 4.91. The van der Waals surface area contributed by atoms with Gasteiger partial charge in [-0.25, -0.2) is 9.97 Å². The molecule has 0 bridgehead atoms. The van der Waals surface area contributed by atoms with Crippen molar-refractivity contribution in [1.82, 2.24) is 9.97 Å². The van der Waals surface area contributed by atoms with Crippen LogP contribution in [0.25, 0.3) is 22.1 Å². The number of hydrogen-bond acceptors (Lipinski definition) is 2. The van der Waals surface area contributed by atoms with Crippen LogP contribution in [0.5, 0.6) is 0 Å². The molecular weight excluding hydrogens is 256 g/mol. The molecule has 0 spiro atoms. The second kappa shape index (κ2) is 4.80. The van der Waals surface area contributed by atoms with Gasteiger partial charge < -0.3 is 0 Å². The fourth-order valence-corrected chi connectivity index (χ4v) is 2.95. The number of para-hydroxylation sites is 2. The van der Waals surface area contributed by atoms with Gasteiger partial charge in [0.05, 0.1) is 22.1 Å². The minimum absolute atomic E-state index is 0.112. The molecule has 0 saturated carbocycles. The SMILES string of the molecule is CC(C)c1c(C(C)(C)C)ccc2nc3ccccc3nc12. The predicted molar refractivity (Wildman–Crippen MR) is 89.8 cm³/mol. The van der Waals surface area contributed by atoms with Crippen molar-refractivity contribution in [2.75, 3.05) is 0 Å². The van der Waals surface area contributed by atoms with E-state index in [0.717, 1.165) is 22.1 Å². The molecule has 0 amide bonds. The minimum Gasteiger partial charge on any atom is -0.244 e. The lowest BCUT2D eigenvalue weighted by Crippen LogP contribution is -2.15. The topological polar surface area (TPSA) is 25.8 Å². The largest absolute Gasteiger partial charge is 0.244 e. The molecule has 3 aromatic rings. The normalized spacial score (nSPS) is 12.5. The first kappa shape index (κ1) is 14.0. The number of benzene rings is 2. The van der Waals surface area contributed by atoms with Crippen molar-refractivity contribution in [3.05, 3.63) is 47.5 Å². The number of hydrogen-bond donors (Lipinski definition) is 0. The average molecular weight is 278 g/mol. The Labute approximate surface area is 126 Å². The molecule has 21 heavy (non-hydrogen) atoms. The molecule has 0 radical (unpaired) electrons. The Bertz CT molecular complexity index is 811. The molecule has 0 N–H and O–H groups in total. The summed E-state index contributed by atoms with van der Waals surface area (Å²) in [6.45, 7) is 11.2. The smallest absolute Gasteiger partial charge is 0.0932 e. The first-order chi connectivity index (χ1) is 9.88. The second-order valence-corrected chi connectivity index (χ2v) is 7.01. The fraction of sp³-hybridized carbons (Fsp3) is 0.368. The van der Waals surface area contributed by atoms with E-state index in [1.54, 1.807) is 0 Å². The van der Waals surface area contributed by atoms with Crippen molar-refractivity contribution in [1.29, 1.82) is 0 Å². The standard InChI is InChI=1S/C19H22N2/c1-12(2)17-13(19(3,4)5)10-11-16-18(17)21-15-9-7-6-8-14(15)20-16/h6-12H,1-5H3. The van der Waals surface area contributed by atoms with Gasteiger partial charge in [0.1, 0.15) is 0 Å². The van der Waals surface area contributed by atoms with Crippen molar-refractivity contribution in [2.24, 2.45) is 0 Å². The molecule has 2 nitrogen and oxygen atoms in total. The highest BCUT2D eigenvalue weighted by Gasteiger charge is 2.22. The molecule has 0 atom stereocenters. The monoisotopic (exact) mass is 278 g/mol. The first-order valence-electron chi connectivity index (χ1n) is 7.58. The summed E-state index contributed by atoms with van der Waals surface area (Å²) < 4.78 is 0. The molecule has 0 aliphatic heterocycles. The van der Waals surface area contributed by atoms with E-state index in [0.29, 0.717) is 5.92 Å². The number of rotatable bonds is 1. The Balaban J connectivity index is 2.44. The van der Waals surface area contributed by atoms with Gasteiger partial charge in [-0.1, -0.05) is 52.8 Å². The van der Waals surface area contributed by atoms with Gasteiger partial charge in [-0.3, -0.25) is 0 Å². The number of nitrogens with zero attached hydrogens (tertiary/aromatic N) is 2. The molecule has 1 aromatic heterocycles. The highest BCUT2D eigenvalue weighted by molar-refractivity contribution is 5.89. The molecule has 3 rings (SSSR count). The van der Waals surface area contributed by atoms with Gasteiger partial charge in [-0.05, 0) is 40.7 Å². The van der Waals surface area contributed by atoms with Crippen LogP contribution in [0.2, 0.25) is 0 Å². The van der Waals surface area contributed by atoms with Crippen LogP contribution in [0, 0.1) is 0 Å². The zero-order chi connectivity index (χ0) is 15.2. The van der Waals surface area contributed by atoms with E-state index in [9.17, 15) is 0 Å². The molecule has 2 heteroatoms. The molecule has 108 valence electrons. The van der Waals surface area contributed by atoms with Gasteiger partial charge in [0.25, 0.3) is 0 Å². The van der Waals surface area contributed by atoms with E-state index in [2.05, 4.69) is 46.8 Å². The lowest BCUT2D eigenvalue weighted by atomic mass is 9.80. The van der Waals surface area contributed by atoms with E-state index in [1.165, 1.54) is 11.1 Å². The molecule has 1 heterocycles. The second-order valence-electron chi connectivity index (χ2n) is 7.01. The van der Waals surface area contributed by atoms with Crippen molar-refractivity contribution in [3.63, 3.8) is 0 Å². The molecule has 0 aliphatic carbocycles. The van der Waals surface area contributed by atoms with Crippen molar-refractivity contribution in [2.45, 2.75) is 46.0 Å². The van der Waals surface area contributed by atoms with Crippen molar-refractivity contribution < 1.29 is 0 Å². The molecule has 0 unspecified atom stereocenters. The molecule has 0 saturated heterocycles. The minimum atomic E-state index is 0.112. The predicted octanol–water partition coefficient (Wildman–Crippen LogP) is 5.20. The van der Waals surface area contributed by atoms with Gasteiger partial charge in [0, 0.05) is 0 Å². The highest BCUT2D eigenvalue weighted by atomic mass is 14.8. The summed E-state index contributed by atoms with van der Waals surface area (Å²) >= 11 is 0. The van der Waals surface area contributed by atoms with Gasteiger partial charge in [0.2, 0.25) is 0 Å². The van der Waals surface area contributed by atoms with Crippen LogP contribution in [-0.4, -0.2) is 9.97 Å². The average Bonchev–Trinajstić information content (AvgIpc) is 2.42. The third-order valence-corrected chi connectivity index (χ3v) is 3.94. The molecular formula is C19H22N2. The van der Waals surface area contributed by atoms with Crippen LogP contribution in [0.4, 0.5) is 0 Å². The van der Waals surface area contributed by atoms with E-state index in [-0.39, 0.29) is 5.41 Å². The van der Waals surface area contributed by atoms with Crippen molar-refractivity contribution in [3.8, 4) is 0 Å². The summed E-state index contributed by atoms with van der Waals surface area (Å²) in [6.07, 6.45) is 0. The maximum atomic E-state index is 4.91. The van der Waals surface area contributed by atoms with Gasteiger partial charge in [-0.2, -0.15) is 0 Å². The fourth-order valence-electron chi connectivity index (χ4n) is 2.95. The summed E-state index contributed by atoms with van der Waals surface area (Å²) in [6, 6.07) is 12.4. The lowest BCUT2D eigenvalue weighted by Gasteiger charge is -2.25. The third kappa shape index (κ3) is 2.39. The Kier molecular flexibility index (Phi) is 3.20. The number of aromatic nitrogens is 2. The van der Waals surface area contributed by atoms with E-state index >= 15 is 0 Å². The van der Waals surface area contributed by atoms with Crippen LogP contribution in [-0.2, 0) is 5.41 Å². The van der Waals surface area contributed by atoms with Crippen LogP contribution >= 0.6 is 0 Å². The molecule has 2 aromatic carbocycles. The van der Waals surface area contributed by atoms with E-state index in [4.69, 9.17) is 9.97 Å². The third-order valence-electron chi connectivity index (χ3n) is 3.94. The van der Waals surface area contributed by atoms with E-state index in [1.807, 2.05) is 24.3 Å². The van der Waals surface area contributed by atoms with Crippen LogP contribution < -0.4 is 0 Å². The zero-order valence-corrected chi connectivity index (χ0v) is 13.4. The number of fused-ring (bicyclic) bond motifs is 2. The summed E-state index contributed by atoms with van der Waals surface area (Å²) in [5.74, 6) is 0.429. The Hall–Kier alpha value is -1.96. The quantitative estimate of drug-likeness (QED) is 0.571. The van der Waals surface area contributed by atoms with Gasteiger partial charge in [0.15, 0.2) is 0 Å².